The summed E-state index contributed by atoms with van der Waals surface area (Å²) in [6.07, 6.45) is 0. The van der Waals surface area contributed by atoms with Crippen LogP contribution in [0.3, 0.4) is 0 Å². The predicted molar refractivity (Wildman–Crippen MR) is 57.5 cm³/mol. The first-order valence-electron chi connectivity index (χ1n) is 3.73. The van der Waals surface area contributed by atoms with Crippen LogP contribution in [0.4, 0.5) is 0 Å². The Morgan fingerprint density at radius 1 is 1.21 bits per heavy atom. The van der Waals surface area contributed by atoms with Crippen molar-refractivity contribution in [3.8, 4) is 0 Å². The number of rotatable bonds is 0. The van der Waals surface area contributed by atoms with Gasteiger partial charge in [0.2, 0.25) is 0 Å². The van der Waals surface area contributed by atoms with Crippen LogP contribution in [0.25, 0.3) is 10.9 Å². The van der Waals surface area contributed by atoms with Crippen LogP contribution in [-0.4, -0.2) is 9.97 Å². The molecule has 6 heteroatoms. The predicted octanol–water partition coefficient (Wildman–Crippen LogP) is 1.16. The smallest absolute Gasteiger partial charge is 0.306 e. The van der Waals surface area contributed by atoms with Gasteiger partial charge in [-0.2, -0.15) is 0 Å². The number of benzene rings is 1. The normalized spacial score (nSPS) is 10.7. The molecule has 0 spiro atoms. The number of H-pyrrole nitrogens is 2. The van der Waals surface area contributed by atoms with Crippen molar-refractivity contribution in [3.63, 3.8) is 0 Å². The molecule has 0 amide bonds. The average Bonchev–Trinajstić information content (AvgIpc) is 2.07. The van der Waals surface area contributed by atoms with Crippen LogP contribution in [0.1, 0.15) is 0 Å². The van der Waals surface area contributed by atoms with Crippen LogP contribution in [-0.2, 0) is 0 Å². The number of hydrogen-bond acceptors (Lipinski definition) is 3. The van der Waals surface area contributed by atoms with Crippen molar-refractivity contribution in [2.75, 3.05) is 0 Å². The molecule has 0 aliphatic heterocycles. The Balaban J connectivity index is 3.10. The van der Waals surface area contributed by atoms with Crippen LogP contribution in [0.5, 0.6) is 0 Å². The van der Waals surface area contributed by atoms with E-state index in [1.54, 1.807) is 6.07 Å². The highest BCUT2D eigenvalue weighted by atomic mass is 35.5. The van der Waals surface area contributed by atoms with Crippen molar-refractivity contribution in [2.45, 2.75) is 4.90 Å². The van der Waals surface area contributed by atoms with Gasteiger partial charge in [-0.25, -0.2) is 4.79 Å². The van der Waals surface area contributed by atoms with Gasteiger partial charge in [0.05, 0.1) is 10.9 Å². The molecular formula is C8H5ClN2O2S. The number of thiol groups is 1. The minimum absolute atomic E-state index is 0.321. The summed E-state index contributed by atoms with van der Waals surface area (Å²) in [5.74, 6) is 0. The quantitative estimate of drug-likeness (QED) is 0.593. The Hall–Kier alpha value is -1.20. The molecule has 2 N–H and O–H groups in total. The lowest BCUT2D eigenvalue weighted by Gasteiger charge is -2.00. The Morgan fingerprint density at radius 2 is 1.93 bits per heavy atom. The Morgan fingerprint density at radius 3 is 2.64 bits per heavy atom. The molecule has 14 heavy (non-hydrogen) atoms. The second-order valence-electron chi connectivity index (χ2n) is 2.76. The SMILES string of the molecule is O=c1[nH]c(=O)c2cc(Cl)cc(S)c2[nH]1. The molecule has 0 saturated carbocycles. The summed E-state index contributed by atoms with van der Waals surface area (Å²) in [5.41, 5.74) is -0.631. The molecule has 0 atom stereocenters. The summed E-state index contributed by atoms with van der Waals surface area (Å²) in [6.45, 7) is 0. The minimum atomic E-state index is -0.555. The molecule has 4 nitrogen and oxygen atoms in total. The largest absolute Gasteiger partial charge is 0.326 e. The summed E-state index contributed by atoms with van der Waals surface area (Å²) in [7, 11) is 0. The van der Waals surface area contributed by atoms with Crippen LogP contribution in [0.2, 0.25) is 5.02 Å². The molecule has 0 fully saturated rings. The zero-order valence-electron chi connectivity index (χ0n) is 6.80. The summed E-state index contributed by atoms with van der Waals surface area (Å²) < 4.78 is 0. The highest BCUT2D eigenvalue weighted by Crippen LogP contribution is 2.21. The van der Waals surface area contributed by atoms with Crippen LogP contribution in [0, 0.1) is 0 Å². The third-order valence-electron chi connectivity index (χ3n) is 1.79. The van der Waals surface area contributed by atoms with E-state index in [0.29, 0.717) is 20.8 Å². The number of hydrogen-bond donors (Lipinski definition) is 3. The van der Waals surface area contributed by atoms with Gasteiger partial charge in [-0.3, -0.25) is 9.78 Å². The van der Waals surface area contributed by atoms with Crippen molar-refractivity contribution in [2.24, 2.45) is 0 Å². The van der Waals surface area contributed by atoms with Crippen LogP contribution >= 0.6 is 24.2 Å². The molecule has 72 valence electrons. The Labute approximate surface area is 88.3 Å². The van der Waals surface area contributed by atoms with E-state index in [1.165, 1.54) is 6.07 Å². The van der Waals surface area contributed by atoms with E-state index >= 15 is 0 Å². The van der Waals surface area contributed by atoms with Gasteiger partial charge in [-0.1, -0.05) is 11.6 Å². The van der Waals surface area contributed by atoms with Gasteiger partial charge in [0, 0.05) is 9.92 Å². The van der Waals surface area contributed by atoms with E-state index in [-0.39, 0.29) is 0 Å². The zero-order valence-corrected chi connectivity index (χ0v) is 8.45. The van der Waals surface area contributed by atoms with E-state index in [1.807, 2.05) is 0 Å². The third kappa shape index (κ3) is 1.44. The van der Waals surface area contributed by atoms with Gasteiger partial charge < -0.3 is 4.98 Å². The van der Waals surface area contributed by atoms with Crippen LogP contribution in [0.15, 0.2) is 26.6 Å². The standard InChI is InChI=1S/C8H5ClN2O2S/c9-3-1-4-6(5(14)2-3)10-8(13)11-7(4)12/h1-2,14H,(H2,10,11,12,13). The van der Waals surface area contributed by atoms with E-state index in [4.69, 9.17) is 11.6 Å². The first-order chi connectivity index (χ1) is 6.58. The first-order valence-corrected chi connectivity index (χ1v) is 4.55. The monoisotopic (exact) mass is 228 g/mol. The Kier molecular flexibility index (Phi) is 2.13. The summed E-state index contributed by atoms with van der Waals surface area (Å²) in [5, 5.41) is 0.724. The maximum atomic E-state index is 11.3. The van der Waals surface area contributed by atoms with Gasteiger partial charge in [-0.15, -0.1) is 12.6 Å². The Bertz CT molecular complexity index is 617. The lowest BCUT2D eigenvalue weighted by molar-refractivity contribution is 1.07. The summed E-state index contributed by atoms with van der Waals surface area (Å²) >= 11 is 9.85. The molecule has 2 aromatic rings. The van der Waals surface area contributed by atoms with Gasteiger partial charge >= 0.3 is 5.69 Å². The van der Waals surface area contributed by atoms with Crippen molar-refractivity contribution in [3.05, 3.63) is 38.0 Å². The van der Waals surface area contributed by atoms with Crippen molar-refractivity contribution >= 4 is 35.1 Å². The highest BCUT2D eigenvalue weighted by molar-refractivity contribution is 7.80. The fourth-order valence-electron chi connectivity index (χ4n) is 1.22. The molecule has 0 aliphatic rings. The van der Waals surface area contributed by atoms with Crippen molar-refractivity contribution < 1.29 is 0 Å². The van der Waals surface area contributed by atoms with Gasteiger partial charge in [0.15, 0.2) is 0 Å². The molecule has 2 rings (SSSR count). The molecule has 0 bridgehead atoms. The van der Waals surface area contributed by atoms with Gasteiger partial charge in [-0.05, 0) is 12.1 Å². The number of aromatic nitrogens is 2. The average molecular weight is 229 g/mol. The van der Waals surface area contributed by atoms with E-state index in [2.05, 4.69) is 22.6 Å². The van der Waals surface area contributed by atoms with Crippen molar-refractivity contribution in [1.82, 2.24) is 9.97 Å². The lowest BCUT2D eigenvalue weighted by Crippen LogP contribution is -2.21. The second kappa shape index (κ2) is 3.18. The highest BCUT2D eigenvalue weighted by Gasteiger charge is 2.04. The second-order valence-corrected chi connectivity index (χ2v) is 3.67. The molecule has 0 saturated heterocycles. The molecular weight excluding hydrogens is 224 g/mol. The number of fused-ring (bicyclic) bond motifs is 1. The fourth-order valence-corrected chi connectivity index (χ4v) is 1.83. The van der Waals surface area contributed by atoms with Gasteiger partial charge in [0.1, 0.15) is 0 Å². The molecule has 0 aliphatic carbocycles. The zero-order chi connectivity index (χ0) is 10.3. The summed E-state index contributed by atoms with van der Waals surface area (Å²) in [6, 6.07) is 3.04. The van der Waals surface area contributed by atoms with Crippen molar-refractivity contribution in [1.29, 1.82) is 0 Å². The fraction of sp³-hybridized carbons (Fsp3) is 0. The third-order valence-corrected chi connectivity index (χ3v) is 2.36. The number of halogens is 1. The van der Waals surface area contributed by atoms with Gasteiger partial charge in [0.25, 0.3) is 5.56 Å². The number of aromatic amines is 2. The van der Waals surface area contributed by atoms with E-state index in [9.17, 15) is 9.59 Å². The topological polar surface area (TPSA) is 65.7 Å². The molecule has 0 radical (unpaired) electrons. The van der Waals surface area contributed by atoms with E-state index < -0.39 is 11.2 Å². The molecule has 1 heterocycles. The number of nitrogens with one attached hydrogen (secondary N) is 2. The summed E-state index contributed by atoms with van der Waals surface area (Å²) in [4.78, 5) is 27.4. The molecule has 1 aromatic heterocycles. The van der Waals surface area contributed by atoms with E-state index in [0.717, 1.165) is 0 Å². The molecule has 1 aromatic carbocycles. The first kappa shape index (κ1) is 9.36. The minimum Gasteiger partial charge on any atom is -0.306 e. The maximum absolute atomic E-state index is 11.3. The maximum Gasteiger partial charge on any atom is 0.326 e. The molecule has 0 unspecified atom stereocenters. The lowest BCUT2D eigenvalue weighted by atomic mass is 10.2. The van der Waals surface area contributed by atoms with Crippen LogP contribution < -0.4 is 11.2 Å².